The van der Waals surface area contributed by atoms with Gasteiger partial charge in [0.15, 0.2) is 10.8 Å². The van der Waals surface area contributed by atoms with Crippen molar-refractivity contribution in [1.82, 2.24) is 19.7 Å². The van der Waals surface area contributed by atoms with Crippen LogP contribution in [0.4, 0.5) is 5.13 Å². The molecule has 1 N–H and O–H groups in total. The third-order valence-corrected chi connectivity index (χ3v) is 5.74. The van der Waals surface area contributed by atoms with Gasteiger partial charge in [0.2, 0.25) is 0 Å². The number of aromatic nitrogens is 4. The molecule has 3 aromatic heterocycles. The Hall–Kier alpha value is -3.78. The van der Waals surface area contributed by atoms with Gasteiger partial charge in [-0.2, -0.15) is 5.10 Å². The van der Waals surface area contributed by atoms with Gasteiger partial charge >= 0.3 is 0 Å². The predicted octanol–water partition coefficient (Wildman–Crippen LogP) is 4.74. The summed E-state index contributed by atoms with van der Waals surface area (Å²) < 4.78 is 8.31. The van der Waals surface area contributed by atoms with Gasteiger partial charge in [0, 0.05) is 11.6 Å². The van der Waals surface area contributed by atoms with Gasteiger partial charge in [0.25, 0.3) is 5.91 Å². The Morgan fingerprint density at radius 1 is 1.13 bits per heavy atom. The van der Waals surface area contributed by atoms with E-state index in [1.807, 2.05) is 60.1 Å². The number of ether oxygens (including phenoxy) is 1. The number of fused-ring (bicyclic) bond motifs is 2. The summed E-state index contributed by atoms with van der Waals surface area (Å²) in [6.07, 6.45) is 3.30. The van der Waals surface area contributed by atoms with Crippen molar-refractivity contribution in [3.05, 3.63) is 78.1 Å². The molecule has 8 heteroatoms. The highest BCUT2D eigenvalue weighted by molar-refractivity contribution is 7.22. The van der Waals surface area contributed by atoms with Crippen molar-refractivity contribution < 1.29 is 9.53 Å². The number of rotatable bonds is 6. The molecule has 0 saturated heterocycles. The summed E-state index contributed by atoms with van der Waals surface area (Å²) in [5.74, 6) is 0.535. The van der Waals surface area contributed by atoms with Crippen molar-refractivity contribution in [2.75, 3.05) is 11.9 Å². The zero-order valence-electron chi connectivity index (χ0n) is 16.8. The summed E-state index contributed by atoms with van der Waals surface area (Å²) in [6.45, 7) is 3.17. The Kier molecular flexibility index (Phi) is 5.05. The molecule has 0 radical (unpaired) electrons. The summed E-state index contributed by atoms with van der Waals surface area (Å²) in [4.78, 5) is 21.7. The van der Waals surface area contributed by atoms with Crippen LogP contribution in [0.5, 0.6) is 5.75 Å². The lowest BCUT2D eigenvalue weighted by Crippen LogP contribution is -2.12. The van der Waals surface area contributed by atoms with Crippen molar-refractivity contribution in [3.8, 4) is 5.75 Å². The number of thiazole rings is 1. The summed E-state index contributed by atoms with van der Waals surface area (Å²) in [7, 11) is 0. The van der Waals surface area contributed by atoms with Crippen LogP contribution in [0.1, 0.15) is 22.8 Å². The van der Waals surface area contributed by atoms with E-state index in [0.717, 1.165) is 32.6 Å². The Morgan fingerprint density at radius 2 is 2.00 bits per heavy atom. The van der Waals surface area contributed by atoms with E-state index < -0.39 is 0 Å². The van der Waals surface area contributed by atoms with Crippen molar-refractivity contribution >= 4 is 43.6 Å². The van der Waals surface area contributed by atoms with Gasteiger partial charge in [0.05, 0.1) is 35.1 Å². The zero-order chi connectivity index (χ0) is 21.2. The van der Waals surface area contributed by atoms with E-state index in [4.69, 9.17) is 4.74 Å². The SMILES string of the molecule is CCOc1ccc2nc(NC(=O)c3cnc4c(cnn4Cc4ccccc4)c3)sc2c1. The number of nitrogens with zero attached hydrogens (tertiary/aromatic N) is 4. The molecule has 5 rings (SSSR count). The Morgan fingerprint density at radius 3 is 2.84 bits per heavy atom. The van der Waals surface area contributed by atoms with Crippen LogP contribution in [-0.4, -0.2) is 32.3 Å². The Balaban J connectivity index is 1.35. The van der Waals surface area contributed by atoms with Crippen LogP contribution >= 0.6 is 11.3 Å². The minimum absolute atomic E-state index is 0.255. The van der Waals surface area contributed by atoms with Crippen LogP contribution in [0, 0.1) is 0 Å². The largest absolute Gasteiger partial charge is 0.494 e. The van der Waals surface area contributed by atoms with Gasteiger partial charge in [-0.1, -0.05) is 41.7 Å². The fraction of sp³-hybridized carbons (Fsp3) is 0.130. The average Bonchev–Trinajstić information content (AvgIpc) is 3.37. The molecular weight excluding hydrogens is 410 g/mol. The van der Waals surface area contributed by atoms with E-state index in [-0.39, 0.29) is 5.91 Å². The number of anilines is 1. The highest BCUT2D eigenvalue weighted by Crippen LogP contribution is 2.29. The number of carbonyl (C=O) groups excluding carboxylic acids is 1. The first-order valence-corrected chi connectivity index (χ1v) is 10.7. The Labute approximate surface area is 182 Å². The first kappa shape index (κ1) is 19.2. The average molecular weight is 430 g/mol. The monoisotopic (exact) mass is 429 g/mol. The second-order valence-corrected chi connectivity index (χ2v) is 7.99. The lowest BCUT2D eigenvalue weighted by Gasteiger charge is -2.04. The van der Waals surface area contributed by atoms with E-state index in [1.165, 1.54) is 11.3 Å². The van der Waals surface area contributed by atoms with E-state index in [0.29, 0.717) is 23.8 Å². The van der Waals surface area contributed by atoms with Gasteiger partial charge in [-0.3, -0.25) is 10.1 Å². The van der Waals surface area contributed by atoms with Gasteiger partial charge in [0.1, 0.15) is 5.75 Å². The summed E-state index contributed by atoms with van der Waals surface area (Å²) in [6, 6.07) is 17.6. The molecule has 0 spiro atoms. The minimum atomic E-state index is -0.255. The van der Waals surface area contributed by atoms with Crippen LogP contribution in [-0.2, 0) is 6.54 Å². The number of hydrogen-bond acceptors (Lipinski definition) is 6. The lowest BCUT2D eigenvalue weighted by molar-refractivity contribution is 0.102. The molecule has 0 aliphatic carbocycles. The fourth-order valence-electron chi connectivity index (χ4n) is 3.35. The molecule has 1 amide bonds. The third-order valence-electron chi connectivity index (χ3n) is 4.80. The topological polar surface area (TPSA) is 81.9 Å². The first-order chi connectivity index (χ1) is 15.2. The normalized spacial score (nSPS) is 11.1. The number of nitrogens with one attached hydrogen (secondary N) is 1. The second-order valence-electron chi connectivity index (χ2n) is 6.96. The van der Waals surface area contributed by atoms with E-state index in [2.05, 4.69) is 20.4 Å². The number of carbonyl (C=O) groups is 1. The van der Waals surface area contributed by atoms with Crippen molar-refractivity contribution in [2.45, 2.75) is 13.5 Å². The molecule has 0 aliphatic rings. The number of amides is 1. The number of hydrogen-bond donors (Lipinski definition) is 1. The smallest absolute Gasteiger partial charge is 0.259 e. The van der Waals surface area contributed by atoms with Crippen molar-refractivity contribution in [3.63, 3.8) is 0 Å². The summed E-state index contributed by atoms with van der Waals surface area (Å²) >= 11 is 1.41. The second kappa shape index (κ2) is 8.16. The van der Waals surface area contributed by atoms with Crippen molar-refractivity contribution in [1.29, 1.82) is 0 Å². The fourth-order valence-corrected chi connectivity index (χ4v) is 4.24. The zero-order valence-corrected chi connectivity index (χ0v) is 17.6. The van der Waals surface area contributed by atoms with Crippen LogP contribution in [0.15, 0.2) is 67.0 Å². The van der Waals surface area contributed by atoms with Crippen LogP contribution in [0.2, 0.25) is 0 Å². The molecule has 0 saturated carbocycles. The van der Waals surface area contributed by atoms with Crippen LogP contribution in [0.25, 0.3) is 21.3 Å². The molecule has 0 aliphatic heterocycles. The van der Waals surface area contributed by atoms with Gasteiger partial charge in [-0.25, -0.2) is 14.6 Å². The minimum Gasteiger partial charge on any atom is -0.494 e. The highest BCUT2D eigenvalue weighted by atomic mass is 32.1. The molecule has 5 aromatic rings. The van der Waals surface area contributed by atoms with Gasteiger partial charge in [-0.05, 0) is 36.8 Å². The molecule has 0 fully saturated rings. The van der Waals surface area contributed by atoms with E-state index >= 15 is 0 Å². The molecule has 7 nitrogen and oxygen atoms in total. The highest BCUT2D eigenvalue weighted by Gasteiger charge is 2.13. The quantitative estimate of drug-likeness (QED) is 0.422. The molecular formula is C23H19N5O2S. The molecule has 31 heavy (non-hydrogen) atoms. The molecule has 0 bridgehead atoms. The third kappa shape index (κ3) is 3.97. The number of benzene rings is 2. The molecule has 154 valence electrons. The van der Waals surface area contributed by atoms with Crippen molar-refractivity contribution in [2.24, 2.45) is 0 Å². The molecule has 0 unspecified atom stereocenters. The molecule has 2 aromatic carbocycles. The van der Waals surface area contributed by atoms with E-state index in [9.17, 15) is 4.79 Å². The lowest BCUT2D eigenvalue weighted by atomic mass is 10.2. The van der Waals surface area contributed by atoms with E-state index in [1.54, 1.807) is 18.5 Å². The number of pyridine rings is 1. The maximum Gasteiger partial charge on any atom is 0.259 e. The van der Waals surface area contributed by atoms with Crippen LogP contribution in [0.3, 0.4) is 0 Å². The predicted molar refractivity (Wildman–Crippen MR) is 122 cm³/mol. The maximum atomic E-state index is 12.8. The first-order valence-electron chi connectivity index (χ1n) is 9.90. The summed E-state index contributed by atoms with van der Waals surface area (Å²) in [5, 5.41) is 8.65. The van der Waals surface area contributed by atoms with Gasteiger partial charge < -0.3 is 4.74 Å². The summed E-state index contributed by atoms with van der Waals surface area (Å²) in [5.41, 5.74) is 3.16. The van der Waals surface area contributed by atoms with Gasteiger partial charge in [-0.15, -0.1) is 0 Å². The Bertz CT molecular complexity index is 1380. The standard InChI is InChI=1S/C23H19N5O2S/c1-2-30-18-8-9-19-20(11-18)31-23(26-19)27-22(29)17-10-16-13-25-28(21(16)24-12-17)14-15-6-4-3-5-7-15/h3-13H,2,14H2,1H3,(H,26,27,29). The maximum absolute atomic E-state index is 12.8. The van der Waals surface area contributed by atoms with Crippen LogP contribution < -0.4 is 10.1 Å². The molecule has 0 atom stereocenters. The molecule has 3 heterocycles.